The monoisotopic (exact) mass is 249 g/mol. The summed E-state index contributed by atoms with van der Waals surface area (Å²) in [6.45, 7) is 8.87. The summed E-state index contributed by atoms with van der Waals surface area (Å²) in [5.74, 6) is 0. The Morgan fingerprint density at radius 2 is 1.83 bits per heavy atom. The minimum absolute atomic E-state index is 0.0447. The number of hydrogen-bond donors (Lipinski definition) is 3. The Bertz CT molecular complexity index is 343. The third-order valence-corrected chi connectivity index (χ3v) is 3.42. The van der Waals surface area contributed by atoms with Gasteiger partial charge in [0, 0.05) is 31.1 Å². The average molecular weight is 249 g/mol. The Labute approximate surface area is 111 Å². The lowest BCUT2D eigenvalue weighted by atomic mass is 9.84. The molecule has 0 saturated carbocycles. The molecule has 18 heavy (non-hydrogen) atoms. The first-order valence-corrected chi connectivity index (χ1v) is 6.75. The lowest BCUT2D eigenvalue weighted by molar-refractivity contribution is 0.454. The molecule has 0 saturated heterocycles. The quantitative estimate of drug-likeness (QED) is 0.684. The summed E-state index contributed by atoms with van der Waals surface area (Å²) >= 11 is 0. The van der Waals surface area contributed by atoms with Crippen LogP contribution in [0.4, 0.5) is 0 Å². The molecule has 0 spiro atoms. The summed E-state index contributed by atoms with van der Waals surface area (Å²) in [5.41, 5.74) is 14.1. The average Bonchev–Trinajstić information content (AvgIpc) is 2.38. The lowest BCUT2D eigenvalue weighted by Gasteiger charge is -2.26. The van der Waals surface area contributed by atoms with Crippen LogP contribution in [-0.4, -0.2) is 25.7 Å². The molecule has 5 N–H and O–H groups in total. The molecule has 1 rings (SSSR count). The number of benzene rings is 1. The van der Waals surface area contributed by atoms with Crippen molar-refractivity contribution in [1.29, 1.82) is 0 Å². The van der Waals surface area contributed by atoms with Crippen molar-refractivity contribution in [3.63, 3.8) is 0 Å². The third-order valence-electron chi connectivity index (χ3n) is 3.42. The molecule has 1 unspecified atom stereocenters. The van der Waals surface area contributed by atoms with Crippen LogP contribution in [0, 0.1) is 0 Å². The molecule has 0 amide bonds. The van der Waals surface area contributed by atoms with Gasteiger partial charge in [-0.3, -0.25) is 0 Å². The Kier molecular flexibility index (Phi) is 5.79. The molecule has 0 aromatic heterocycles. The Hall–Kier alpha value is -0.900. The zero-order valence-corrected chi connectivity index (χ0v) is 11.9. The highest BCUT2D eigenvalue weighted by Gasteiger charge is 2.20. The van der Waals surface area contributed by atoms with Crippen molar-refractivity contribution in [2.24, 2.45) is 11.5 Å². The van der Waals surface area contributed by atoms with E-state index in [1.807, 2.05) is 0 Å². The smallest absolute Gasteiger partial charge is 0.0290 e. The highest BCUT2D eigenvalue weighted by molar-refractivity contribution is 5.28. The maximum absolute atomic E-state index is 5.79. The van der Waals surface area contributed by atoms with Gasteiger partial charge in [-0.05, 0) is 17.5 Å². The fourth-order valence-corrected chi connectivity index (χ4v) is 1.95. The maximum atomic E-state index is 5.79. The van der Waals surface area contributed by atoms with Crippen molar-refractivity contribution < 1.29 is 0 Å². The summed E-state index contributed by atoms with van der Waals surface area (Å²) in [6, 6.07) is 8.92. The molecular formula is C15H27N3. The van der Waals surface area contributed by atoms with Gasteiger partial charge in [-0.25, -0.2) is 0 Å². The van der Waals surface area contributed by atoms with Gasteiger partial charge in [-0.15, -0.1) is 0 Å². The van der Waals surface area contributed by atoms with Gasteiger partial charge in [0.25, 0.3) is 0 Å². The van der Waals surface area contributed by atoms with Crippen LogP contribution in [0.25, 0.3) is 0 Å². The second-order valence-electron chi connectivity index (χ2n) is 5.56. The number of nitrogens with two attached hydrogens (primary N) is 2. The minimum atomic E-state index is 0.0447. The number of hydrogen-bond acceptors (Lipinski definition) is 3. The first kappa shape index (κ1) is 15.2. The zero-order valence-electron chi connectivity index (χ0n) is 11.9. The zero-order chi connectivity index (χ0) is 13.6. The first-order chi connectivity index (χ1) is 8.49. The van der Waals surface area contributed by atoms with Crippen LogP contribution in [0.15, 0.2) is 24.3 Å². The second kappa shape index (κ2) is 6.88. The second-order valence-corrected chi connectivity index (χ2v) is 5.56. The van der Waals surface area contributed by atoms with Gasteiger partial charge in [-0.1, -0.05) is 45.0 Å². The highest BCUT2D eigenvalue weighted by Crippen LogP contribution is 2.22. The first-order valence-electron chi connectivity index (χ1n) is 6.75. The van der Waals surface area contributed by atoms with E-state index in [1.54, 1.807) is 0 Å². The fraction of sp³-hybridized carbons (Fsp3) is 0.600. The molecule has 102 valence electrons. The molecule has 1 aromatic carbocycles. The summed E-state index contributed by atoms with van der Waals surface area (Å²) in [7, 11) is 0. The molecule has 0 radical (unpaired) electrons. The minimum Gasteiger partial charge on any atom is -0.329 e. The number of aryl methyl sites for hydroxylation is 1. The van der Waals surface area contributed by atoms with Crippen LogP contribution in [-0.2, 0) is 11.8 Å². The molecule has 1 aromatic rings. The molecule has 0 bridgehead atoms. The summed E-state index contributed by atoms with van der Waals surface area (Å²) in [4.78, 5) is 0. The van der Waals surface area contributed by atoms with Gasteiger partial charge in [-0.2, -0.15) is 0 Å². The van der Waals surface area contributed by atoms with Crippen LogP contribution >= 0.6 is 0 Å². The Morgan fingerprint density at radius 3 is 2.33 bits per heavy atom. The fourth-order valence-electron chi connectivity index (χ4n) is 1.95. The van der Waals surface area contributed by atoms with Crippen molar-refractivity contribution in [1.82, 2.24) is 5.32 Å². The standard InChI is InChI=1S/C15H27N3/c1-4-12-5-7-13(8-6-12)15(2,3)11-18-10-14(17)9-16/h5-8,14,18H,4,9-11,16-17H2,1-3H3. The van der Waals surface area contributed by atoms with Crippen LogP contribution in [0.3, 0.4) is 0 Å². The largest absolute Gasteiger partial charge is 0.329 e. The molecule has 3 heteroatoms. The van der Waals surface area contributed by atoms with E-state index < -0.39 is 0 Å². The molecule has 1 atom stereocenters. The summed E-state index contributed by atoms with van der Waals surface area (Å²) in [5, 5.41) is 3.40. The van der Waals surface area contributed by atoms with Gasteiger partial charge >= 0.3 is 0 Å². The lowest BCUT2D eigenvalue weighted by Crippen LogP contribution is -2.43. The predicted octanol–water partition coefficient (Wildman–Crippen LogP) is 1.40. The van der Waals surface area contributed by atoms with Gasteiger partial charge in [0.2, 0.25) is 0 Å². The predicted molar refractivity (Wildman–Crippen MR) is 78.7 cm³/mol. The van der Waals surface area contributed by atoms with Crippen LogP contribution < -0.4 is 16.8 Å². The molecule has 0 aliphatic heterocycles. The van der Waals surface area contributed by atoms with E-state index in [9.17, 15) is 0 Å². The van der Waals surface area contributed by atoms with Gasteiger partial charge < -0.3 is 16.8 Å². The number of rotatable bonds is 7. The topological polar surface area (TPSA) is 64.1 Å². The van der Waals surface area contributed by atoms with Gasteiger partial charge in [0.05, 0.1) is 0 Å². The van der Waals surface area contributed by atoms with E-state index in [0.29, 0.717) is 6.54 Å². The van der Waals surface area contributed by atoms with Gasteiger partial charge in [0.15, 0.2) is 0 Å². The van der Waals surface area contributed by atoms with Crippen LogP contribution in [0.1, 0.15) is 31.9 Å². The molecule has 3 nitrogen and oxygen atoms in total. The summed E-state index contributed by atoms with van der Waals surface area (Å²) < 4.78 is 0. The SMILES string of the molecule is CCc1ccc(C(C)(C)CNCC(N)CN)cc1. The number of nitrogens with one attached hydrogen (secondary N) is 1. The Morgan fingerprint density at radius 1 is 1.22 bits per heavy atom. The maximum Gasteiger partial charge on any atom is 0.0290 e. The van der Waals surface area contributed by atoms with E-state index in [2.05, 4.69) is 50.4 Å². The van der Waals surface area contributed by atoms with Crippen LogP contribution in [0.2, 0.25) is 0 Å². The molecule has 0 aliphatic carbocycles. The van der Waals surface area contributed by atoms with Crippen molar-refractivity contribution in [2.45, 2.75) is 38.6 Å². The van der Waals surface area contributed by atoms with E-state index in [0.717, 1.165) is 19.5 Å². The highest BCUT2D eigenvalue weighted by atomic mass is 14.9. The molecule has 0 aliphatic rings. The van der Waals surface area contributed by atoms with E-state index in [4.69, 9.17) is 11.5 Å². The van der Waals surface area contributed by atoms with Crippen molar-refractivity contribution in [3.05, 3.63) is 35.4 Å². The Balaban J connectivity index is 2.56. The van der Waals surface area contributed by atoms with E-state index in [1.165, 1.54) is 11.1 Å². The normalized spacial score (nSPS) is 13.6. The van der Waals surface area contributed by atoms with Crippen molar-refractivity contribution >= 4 is 0 Å². The molecule has 0 fully saturated rings. The van der Waals surface area contributed by atoms with E-state index in [-0.39, 0.29) is 11.5 Å². The molecule has 0 heterocycles. The van der Waals surface area contributed by atoms with E-state index >= 15 is 0 Å². The van der Waals surface area contributed by atoms with Gasteiger partial charge in [0.1, 0.15) is 0 Å². The summed E-state index contributed by atoms with van der Waals surface area (Å²) in [6.07, 6.45) is 1.09. The molecular weight excluding hydrogens is 222 g/mol. The van der Waals surface area contributed by atoms with Crippen molar-refractivity contribution in [2.75, 3.05) is 19.6 Å². The van der Waals surface area contributed by atoms with Crippen molar-refractivity contribution in [3.8, 4) is 0 Å². The third kappa shape index (κ3) is 4.41. The van der Waals surface area contributed by atoms with Crippen LogP contribution in [0.5, 0.6) is 0 Å².